The van der Waals surface area contributed by atoms with Gasteiger partial charge in [0.2, 0.25) is 11.2 Å². The van der Waals surface area contributed by atoms with E-state index in [1.807, 2.05) is 0 Å². The first-order chi connectivity index (χ1) is 12.6. The number of benzene rings is 1. The fraction of sp³-hybridized carbons (Fsp3) is 0.286. The first-order valence-electron chi connectivity index (χ1n) is 7.21. The van der Waals surface area contributed by atoms with E-state index < -0.39 is 65.4 Å². The van der Waals surface area contributed by atoms with Crippen LogP contribution in [0.15, 0.2) is 11.0 Å². The summed E-state index contributed by atoms with van der Waals surface area (Å²) in [6, 6.07) is -0.351. The number of fused-ring (bicyclic) bond motifs is 1. The van der Waals surface area contributed by atoms with Crippen LogP contribution in [0.3, 0.4) is 0 Å². The molecule has 27 heavy (non-hydrogen) atoms. The zero-order valence-electron chi connectivity index (χ0n) is 13.2. The van der Waals surface area contributed by atoms with E-state index in [2.05, 4.69) is 4.74 Å². The number of carboxylic acids is 1. The van der Waals surface area contributed by atoms with E-state index in [0.717, 1.165) is 10.8 Å². The minimum atomic E-state index is -3.48. The normalized spacial score (nSPS) is 13.3. The van der Waals surface area contributed by atoms with Crippen LogP contribution in [0.2, 0.25) is 0 Å². The molecule has 1 saturated carbocycles. The molecule has 1 aliphatic rings. The Bertz CT molecular complexity index is 948. The standard InChI is InChI=1S/C14H10F4N2O4.BF2/c15-7-8(16)12(24-14(17)18)10-6(9(7)19)11(21)5(13(22)23)3-20(10)4-1-2-4;2-1-3/h3-4,14H,1-2,19H2,(H,22,23);. The summed E-state index contributed by atoms with van der Waals surface area (Å²) >= 11 is 0. The number of aromatic carboxylic acids is 1. The van der Waals surface area contributed by atoms with Crippen LogP contribution in [-0.2, 0) is 0 Å². The molecule has 0 atom stereocenters. The van der Waals surface area contributed by atoms with Crippen molar-refractivity contribution in [3.8, 4) is 5.75 Å². The van der Waals surface area contributed by atoms with Gasteiger partial charge in [0.15, 0.2) is 11.6 Å². The van der Waals surface area contributed by atoms with Gasteiger partial charge in [0, 0.05) is 12.2 Å². The summed E-state index contributed by atoms with van der Waals surface area (Å²) in [7, 11) is -1.00. The lowest BCUT2D eigenvalue weighted by Gasteiger charge is -2.18. The number of hydrogen-bond acceptors (Lipinski definition) is 4. The summed E-state index contributed by atoms with van der Waals surface area (Å²) in [6.07, 6.45) is 1.99. The van der Waals surface area contributed by atoms with Gasteiger partial charge in [-0.1, -0.05) is 0 Å². The first kappa shape index (κ1) is 20.5. The number of carbonyl (C=O) groups is 1. The minimum absolute atomic E-state index is 0.351. The molecule has 1 aliphatic carbocycles. The molecule has 3 N–H and O–H groups in total. The van der Waals surface area contributed by atoms with Gasteiger partial charge in [-0.25, -0.2) is 9.18 Å². The van der Waals surface area contributed by atoms with E-state index in [-0.39, 0.29) is 6.04 Å². The molecule has 145 valence electrons. The molecule has 13 heteroatoms. The summed E-state index contributed by atoms with van der Waals surface area (Å²) in [5, 5.41) is 8.41. The number of aromatic nitrogens is 1. The minimum Gasteiger partial charge on any atom is -0.477 e. The number of pyridine rings is 1. The van der Waals surface area contributed by atoms with Gasteiger partial charge in [0.05, 0.1) is 11.1 Å². The third-order valence-electron chi connectivity index (χ3n) is 3.73. The Balaban J connectivity index is 0.000000817. The maximum atomic E-state index is 14.1. The Labute approximate surface area is 147 Å². The van der Waals surface area contributed by atoms with Gasteiger partial charge in [0.1, 0.15) is 11.1 Å². The number of anilines is 1. The van der Waals surface area contributed by atoms with E-state index in [9.17, 15) is 35.8 Å². The second-order valence-corrected chi connectivity index (χ2v) is 5.37. The van der Waals surface area contributed by atoms with E-state index in [1.165, 1.54) is 0 Å². The molecule has 1 aromatic heterocycles. The van der Waals surface area contributed by atoms with E-state index in [0.29, 0.717) is 12.8 Å². The Kier molecular flexibility index (Phi) is 5.91. The van der Waals surface area contributed by atoms with E-state index in [1.54, 1.807) is 0 Å². The average Bonchev–Trinajstić information content (AvgIpc) is 3.41. The highest BCUT2D eigenvalue weighted by atomic mass is 19.3. The molecule has 0 amide bonds. The van der Waals surface area contributed by atoms with Crippen molar-refractivity contribution in [1.29, 1.82) is 0 Å². The summed E-state index contributed by atoms with van der Waals surface area (Å²) in [5.74, 6) is -6.29. The molecule has 0 spiro atoms. The number of hydrogen-bond donors (Lipinski definition) is 2. The Hall–Kier alpha value is -2.86. The van der Waals surface area contributed by atoms with E-state index >= 15 is 0 Å². The number of halogens is 6. The van der Waals surface area contributed by atoms with Crippen LogP contribution in [0.25, 0.3) is 10.9 Å². The SMILES string of the molecule is F[B]F.Nc1c(F)c(F)c(OC(F)F)c2c1c(=O)c(C(=O)O)cn2C1CC1. The average molecular weight is 395 g/mol. The Morgan fingerprint density at radius 2 is 1.85 bits per heavy atom. The van der Waals surface area contributed by atoms with Crippen LogP contribution >= 0.6 is 0 Å². The van der Waals surface area contributed by atoms with Crippen LogP contribution in [-0.4, -0.2) is 30.1 Å². The number of ether oxygens (including phenoxy) is 1. The highest BCUT2D eigenvalue weighted by Gasteiger charge is 2.32. The Morgan fingerprint density at radius 1 is 1.30 bits per heavy atom. The lowest BCUT2D eigenvalue weighted by Crippen LogP contribution is -2.22. The van der Waals surface area contributed by atoms with Gasteiger partial charge in [0.25, 0.3) is 0 Å². The van der Waals surface area contributed by atoms with Crippen molar-refractivity contribution < 1.29 is 40.8 Å². The zero-order chi connectivity index (χ0) is 20.5. The third kappa shape index (κ3) is 3.81. The maximum Gasteiger partial charge on any atom is 0.577 e. The van der Waals surface area contributed by atoms with Crippen LogP contribution in [0.1, 0.15) is 29.2 Å². The lowest BCUT2D eigenvalue weighted by molar-refractivity contribution is -0.0516. The third-order valence-corrected chi connectivity index (χ3v) is 3.73. The summed E-state index contributed by atoms with van der Waals surface area (Å²) in [6.45, 7) is -3.48. The van der Waals surface area contributed by atoms with Crippen molar-refractivity contribution >= 4 is 30.4 Å². The number of alkyl halides is 2. The van der Waals surface area contributed by atoms with Crippen molar-refractivity contribution in [2.75, 3.05) is 5.73 Å². The molecule has 6 nitrogen and oxygen atoms in total. The monoisotopic (exact) mass is 395 g/mol. The number of nitrogen functional groups attached to an aromatic ring is 1. The highest BCUT2D eigenvalue weighted by molar-refractivity contribution is 6.15. The topological polar surface area (TPSA) is 94.6 Å². The molecule has 1 fully saturated rings. The highest BCUT2D eigenvalue weighted by Crippen LogP contribution is 2.42. The lowest BCUT2D eigenvalue weighted by atomic mass is 10.1. The quantitative estimate of drug-likeness (QED) is 0.472. The molecule has 1 heterocycles. The van der Waals surface area contributed by atoms with Crippen LogP contribution in [0.4, 0.5) is 31.9 Å². The predicted octanol–water partition coefficient (Wildman–Crippen LogP) is 2.96. The summed E-state index contributed by atoms with van der Waals surface area (Å²) < 4.78 is 77.3. The van der Waals surface area contributed by atoms with Gasteiger partial charge >= 0.3 is 20.4 Å². The van der Waals surface area contributed by atoms with Gasteiger partial charge < -0.3 is 20.1 Å². The van der Waals surface area contributed by atoms with Crippen molar-refractivity contribution in [2.45, 2.75) is 25.5 Å². The van der Waals surface area contributed by atoms with Crippen LogP contribution < -0.4 is 15.9 Å². The largest absolute Gasteiger partial charge is 0.577 e. The van der Waals surface area contributed by atoms with Crippen LogP contribution in [0.5, 0.6) is 5.75 Å². The number of nitrogens with zero attached hydrogens (tertiary/aromatic N) is 1. The van der Waals surface area contributed by atoms with Gasteiger partial charge in [-0.2, -0.15) is 13.2 Å². The fourth-order valence-electron chi connectivity index (χ4n) is 2.54. The number of carboxylic acid groups (broad SMARTS) is 1. The summed E-state index contributed by atoms with van der Waals surface area (Å²) in [4.78, 5) is 23.5. The van der Waals surface area contributed by atoms with Crippen molar-refractivity contribution in [3.63, 3.8) is 0 Å². The molecule has 2 aromatic rings. The molecular formula is C14H10BF6N2O4. The molecule has 0 unspecified atom stereocenters. The molecule has 1 radical (unpaired) electrons. The van der Waals surface area contributed by atoms with Crippen molar-refractivity contribution in [2.24, 2.45) is 0 Å². The molecule has 1 aromatic carbocycles. The van der Waals surface area contributed by atoms with E-state index in [4.69, 9.17) is 10.8 Å². The number of nitrogens with two attached hydrogens (primary N) is 1. The fourth-order valence-corrected chi connectivity index (χ4v) is 2.54. The summed E-state index contributed by atoms with van der Waals surface area (Å²) in [5.41, 5.74) is 2.05. The second kappa shape index (κ2) is 7.80. The predicted molar refractivity (Wildman–Crippen MR) is 82.4 cm³/mol. The number of rotatable bonds is 4. The van der Waals surface area contributed by atoms with Gasteiger partial charge in [-0.05, 0) is 12.8 Å². The van der Waals surface area contributed by atoms with Gasteiger partial charge in [-0.3, -0.25) is 13.4 Å². The smallest absolute Gasteiger partial charge is 0.477 e. The molecule has 0 saturated heterocycles. The first-order valence-corrected chi connectivity index (χ1v) is 7.21. The molecular weight excluding hydrogens is 385 g/mol. The maximum absolute atomic E-state index is 14.1. The van der Waals surface area contributed by atoms with Crippen LogP contribution in [0, 0.1) is 11.6 Å². The van der Waals surface area contributed by atoms with Crippen molar-refractivity contribution in [3.05, 3.63) is 33.6 Å². The molecule has 0 aliphatic heterocycles. The molecule has 0 bridgehead atoms. The second-order valence-electron chi connectivity index (χ2n) is 5.37. The zero-order valence-corrected chi connectivity index (χ0v) is 13.2. The Morgan fingerprint density at radius 3 is 2.30 bits per heavy atom. The molecule has 3 rings (SSSR count). The van der Waals surface area contributed by atoms with Crippen molar-refractivity contribution in [1.82, 2.24) is 4.57 Å². The van der Waals surface area contributed by atoms with Gasteiger partial charge in [-0.15, -0.1) is 0 Å².